The standard InChI is InChI=1S/C15H24N2O2S2/c1-20-13-7-6-8-14(11-13)21(18,19)17-12-15(16)9-4-2-3-5-10-15/h6-8,11,17H,2-5,9-10,12,16H2,1H3. The Morgan fingerprint density at radius 1 is 1.24 bits per heavy atom. The van der Waals surface area contributed by atoms with Crippen LogP contribution in [0, 0.1) is 0 Å². The highest BCUT2D eigenvalue weighted by Crippen LogP contribution is 2.25. The Kier molecular flexibility index (Phi) is 5.71. The highest BCUT2D eigenvalue weighted by molar-refractivity contribution is 7.98. The number of thioether (sulfide) groups is 1. The number of benzene rings is 1. The van der Waals surface area contributed by atoms with Gasteiger partial charge in [-0.2, -0.15) is 0 Å². The molecule has 0 aromatic heterocycles. The predicted octanol–water partition coefficient (Wildman–Crippen LogP) is 2.74. The van der Waals surface area contributed by atoms with E-state index in [1.165, 1.54) is 24.6 Å². The molecule has 1 aromatic rings. The third kappa shape index (κ3) is 4.71. The molecule has 1 saturated carbocycles. The zero-order valence-electron chi connectivity index (χ0n) is 12.5. The van der Waals surface area contributed by atoms with Gasteiger partial charge in [0.1, 0.15) is 0 Å². The minimum absolute atomic E-state index is 0.312. The van der Waals surface area contributed by atoms with Gasteiger partial charge >= 0.3 is 0 Å². The van der Waals surface area contributed by atoms with E-state index in [0.29, 0.717) is 11.4 Å². The van der Waals surface area contributed by atoms with E-state index in [-0.39, 0.29) is 0 Å². The van der Waals surface area contributed by atoms with Crippen LogP contribution in [-0.4, -0.2) is 26.8 Å². The number of rotatable bonds is 5. The van der Waals surface area contributed by atoms with Crippen molar-refractivity contribution >= 4 is 21.8 Å². The van der Waals surface area contributed by atoms with Crippen LogP contribution in [0.3, 0.4) is 0 Å². The first-order valence-corrected chi connectivity index (χ1v) is 10.1. The van der Waals surface area contributed by atoms with E-state index in [2.05, 4.69) is 4.72 Å². The SMILES string of the molecule is CSc1cccc(S(=O)(=O)NCC2(N)CCCCCC2)c1. The van der Waals surface area contributed by atoms with Crippen LogP contribution in [-0.2, 0) is 10.0 Å². The van der Waals surface area contributed by atoms with Gasteiger partial charge in [-0.1, -0.05) is 31.7 Å². The molecule has 0 unspecified atom stereocenters. The number of sulfonamides is 1. The Morgan fingerprint density at radius 2 is 1.90 bits per heavy atom. The lowest BCUT2D eigenvalue weighted by Gasteiger charge is -2.28. The highest BCUT2D eigenvalue weighted by atomic mass is 32.2. The summed E-state index contributed by atoms with van der Waals surface area (Å²) in [6, 6.07) is 6.99. The van der Waals surface area contributed by atoms with Crippen molar-refractivity contribution in [2.45, 2.75) is 53.9 Å². The van der Waals surface area contributed by atoms with E-state index in [4.69, 9.17) is 5.73 Å². The van der Waals surface area contributed by atoms with Crippen molar-refractivity contribution in [1.29, 1.82) is 0 Å². The first kappa shape index (κ1) is 16.8. The molecule has 3 N–H and O–H groups in total. The average molecular weight is 329 g/mol. The second kappa shape index (κ2) is 7.13. The van der Waals surface area contributed by atoms with Crippen molar-refractivity contribution in [3.63, 3.8) is 0 Å². The largest absolute Gasteiger partial charge is 0.324 e. The Morgan fingerprint density at radius 3 is 2.52 bits per heavy atom. The summed E-state index contributed by atoms with van der Waals surface area (Å²) in [5.74, 6) is 0. The number of nitrogens with one attached hydrogen (secondary N) is 1. The van der Waals surface area contributed by atoms with Crippen molar-refractivity contribution in [1.82, 2.24) is 4.72 Å². The monoisotopic (exact) mass is 328 g/mol. The topological polar surface area (TPSA) is 72.2 Å². The maximum Gasteiger partial charge on any atom is 0.240 e. The maximum absolute atomic E-state index is 12.4. The lowest BCUT2D eigenvalue weighted by Crippen LogP contribution is -2.49. The van der Waals surface area contributed by atoms with Crippen molar-refractivity contribution in [2.24, 2.45) is 5.73 Å². The van der Waals surface area contributed by atoms with Crippen LogP contribution < -0.4 is 10.5 Å². The summed E-state index contributed by atoms with van der Waals surface area (Å²) in [6.07, 6.45) is 8.27. The minimum atomic E-state index is -3.49. The molecule has 118 valence electrons. The second-order valence-electron chi connectivity index (χ2n) is 5.78. The van der Waals surface area contributed by atoms with Gasteiger partial charge in [-0.15, -0.1) is 11.8 Å². The molecule has 0 heterocycles. The Labute approximate surface area is 131 Å². The Bertz CT molecular complexity index is 565. The summed E-state index contributed by atoms with van der Waals surface area (Å²) in [4.78, 5) is 1.25. The van der Waals surface area contributed by atoms with Gasteiger partial charge in [0.25, 0.3) is 0 Å². The predicted molar refractivity (Wildman–Crippen MR) is 88.0 cm³/mol. The molecule has 6 heteroatoms. The summed E-state index contributed by atoms with van der Waals surface area (Å²) in [6.45, 7) is 0.318. The fourth-order valence-electron chi connectivity index (χ4n) is 2.70. The number of hydrogen-bond acceptors (Lipinski definition) is 4. The van der Waals surface area contributed by atoms with E-state index < -0.39 is 15.6 Å². The molecule has 4 nitrogen and oxygen atoms in total. The molecular weight excluding hydrogens is 304 g/mol. The molecule has 21 heavy (non-hydrogen) atoms. The van der Waals surface area contributed by atoms with Crippen LogP contribution >= 0.6 is 11.8 Å². The first-order chi connectivity index (χ1) is 9.95. The molecule has 0 saturated heterocycles. The van der Waals surface area contributed by atoms with Crippen molar-refractivity contribution in [2.75, 3.05) is 12.8 Å². The summed E-state index contributed by atoms with van der Waals surface area (Å²) in [5, 5.41) is 0. The van der Waals surface area contributed by atoms with Gasteiger partial charge in [-0.05, 0) is 37.3 Å². The Balaban J connectivity index is 2.06. The highest BCUT2D eigenvalue weighted by Gasteiger charge is 2.28. The van der Waals surface area contributed by atoms with E-state index in [1.807, 2.05) is 12.3 Å². The molecule has 0 amide bonds. The molecule has 1 aliphatic carbocycles. The third-order valence-corrected chi connectivity index (χ3v) is 6.19. The zero-order chi connectivity index (χ0) is 15.3. The van der Waals surface area contributed by atoms with Crippen LogP contribution in [0.1, 0.15) is 38.5 Å². The van der Waals surface area contributed by atoms with E-state index >= 15 is 0 Å². The molecule has 0 radical (unpaired) electrons. The molecule has 2 rings (SSSR count). The second-order valence-corrected chi connectivity index (χ2v) is 8.43. The molecular formula is C15H24N2O2S2. The van der Waals surface area contributed by atoms with Gasteiger partial charge in [0.05, 0.1) is 4.90 Å². The Hall–Kier alpha value is -0.560. The quantitative estimate of drug-likeness (QED) is 0.644. The lowest BCUT2D eigenvalue weighted by molar-refractivity contribution is 0.369. The third-order valence-electron chi connectivity index (χ3n) is 4.07. The van der Waals surface area contributed by atoms with Crippen LogP contribution in [0.25, 0.3) is 0 Å². The first-order valence-electron chi connectivity index (χ1n) is 7.38. The van der Waals surface area contributed by atoms with Crippen LogP contribution in [0.4, 0.5) is 0 Å². The smallest absolute Gasteiger partial charge is 0.240 e. The molecule has 1 aliphatic rings. The molecule has 0 bridgehead atoms. The lowest BCUT2D eigenvalue weighted by atomic mass is 9.92. The van der Waals surface area contributed by atoms with Crippen molar-refractivity contribution in [3.8, 4) is 0 Å². The summed E-state index contributed by atoms with van der Waals surface area (Å²) in [7, 11) is -3.49. The molecule has 0 aliphatic heterocycles. The van der Waals surface area contributed by atoms with E-state index in [0.717, 1.165) is 30.6 Å². The summed E-state index contributed by atoms with van der Waals surface area (Å²) >= 11 is 1.53. The molecule has 0 spiro atoms. The maximum atomic E-state index is 12.4. The summed E-state index contributed by atoms with van der Waals surface area (Å²) < 4.78 is 27.5. The van der Waals surface area contributed by atoms with Gasteiger partial charge < -0.3 is 5.73 Å². The van der Waals surface area contributed by atoms with E-state index in [1.54, 1.807) is 18.2 Å². The minimum Gasteiger partial charge on any atom is -0.324 e. The zero-order valence-corrected chi connectivity index (χ0v) is 14.1. The normalized spacial score (nSPS) is 19.1. The van der Waals surface area contributed by atoms with Crippen LogP contribution in [0.15, 0.2) is 34.1 Å². The van der Waals surface area contributed by atoms with Crippen molar-refractivity contribution < 1.29 is 8.42 Å². The van der Waals surface area contributed by atoms with Gasteiger partial charge in [0.2, 0.25) is 10.0 Å². The summed E-state index contributed by atoms with van der Waals surface area (Å²) in [5.41, 5.74) is 5.97. The van der Waals surface area contributed by atoms with Gasteiger partial charge in [-0.25, -0.2) is 13.1 Å². The fourth-order valence-corrected chi connectivity index (χ4v) is 4.42. The van der Waals surface area contributed by atoms with E-state index in [9.17, 15) is 8.42 Å². The fraction of sp³-hybridized carbons (Fsp3) is 0.600. The number of hydrogen-bond donors (Lipinski definition) is 2. The van der Waals surface area contributed by atoms with Gasteiger partial charge in [0, 0.05) is 17.0 Å². The molecule has 1 aromatic carbocycles. The number of nitrogens with two attached hydrogens (primary N) is 1. The van der Waals surface area contributed by atoms with Crippen LogP contribution in [0.2, 0.25) is 0 Å². The van der Waals surface area contributed by atoms with Crippen LogP contribution in [0.5, 0.6) is 0 Å². The van der Waals surface area contributed by atoms with Crippen molar-refractivity contribution in [3.05, 3.63) is 24.3 Å². The average Bonchev–Trinajstić information content (AvgIpc) is 2.71. The van der Waals surface area contributed by atoms with Gasteiger partial charge in [0.15, 0.2) is 0 Å². The molecule has 1 fully saturated rings. The van der Waals surface area contributed by atoms with Gasteiger partial charge in [-0.3, -0.25) is 0 Å². The molecule has 0 atom stereocenters.